The molecule has 1 aliphatic heterocycles. The first-order valence-electron chi connectivity index (χ1n) is 7.83. The van der Waals surface area contributed by atoms with Crippen LogP contribution in [-0.2, 0) is 6.54 Å². The van der Waals surface area contributed by atoms with Gasteiger partial charge in [0.25, 0.3) is 0 Å². The van der Waals surface area contributed by atoms with Crippen LogP contribution in [0.4, 0.5) is 5.69 Å². The van der Waals surface area contributed by atoms with Gasteiger partial charge in [-0.15, -0.1) is 0 Å². The van der Waals surface area contributed by atoms with Gasteiger partial charge in [0.2, 0.25) is 0 Å². The second-order valence-electron chi connectivity index (χ2n) is 6.33. The minimum absolute atomic E-state index is 0.502. The fourth-order valence-corrected chi connectivity index (χ4v) is 2.97. The maximum Gasteiger partial charge on any atom is 0.0426 e. The van der Waals surface area contributed by atoms with E-state index in [0.29, 0.717) is 6.04 Å². The molecule has 0 bridgehead atoms. The topological polar surface area (TPSA) is 15.3 Å². The SMILES string of the molecule is CC1CCCN(c2cc(Cl)ccc2CNC(C)C)CC1. The largest absolute Gasteiger partial charge is 0.371 e. The molecule has 2 rings (SSSR count). The van der Waals surface area contributed by atoms with Gasteiger partial charge >= 0.3 is 0 Å². The van der Waals surface area contributed by atoms with Crippen molar-refractivity contribution in [2.45, 2.75) is 52.6 Å². The average Bonchev–Trinajstić information content (AvgIpc) is 2.62. The summed E-state index contributed by atoms with van der Waals surface area (Å²) in [6.45, 7) is 9.95. The van der Waals surface area contributed by atoms with Crippen molar-refractivity contribution in [2.75, 3.05) is 18.0 Å². The Bertz CT molecular complexity index is 431. The van der Waals surface area contributed by atoms with Gasteiger partial charge in [-0.1, -0.05) is 38.4 Å². The van der Waals surface area contributed by atoms with Crippen molar-refractivity contribution in [3.63, 3.8) is 0 Å². The molecule has 3 heteroatoms. The van der Waals surface area contributed by atoms with Gasteiger partial charge in [0.05, 0.1) is 0 Å². The van der Waals surface area contributed by atoms with Crippen LogP contribution in [0.1, 0.15) is 45.6 Å². The van der Waals surface area contributed by atoms with Crippen molar-refractivity contribution in [3.05, 3.63) is 28.8 Å². The van der Waals surface area contributed by atoms with Crippen LogP contribution in [0.3, 0.4) is 0 Å². The third-order valence-corrected chi connectivity index (χ3v) is 4.34. The lowest BCUT2D eigenvalue weighted by molar-refractivity contribution is 0.521. The number of halogens is 1. The Morgan fingerprint density at radius 1 is 1.30 bits per heavy atom. The van der Waals surface area contributed by atoms with E-state index in [4.69, 9.17) is 11.6 Å². The Balaban J connectivity index is 2.17. The Labute approximate surface area is 128 Å². The number of benzene rings is 1. The third-order valence-electron chi connectivity index (χ3n) is 4.11. The van der Waals surface area contributed by atoms with E-state index in [1.54, 1.807) is 0 Å². The minimum Gasteiger partial charge on any atom is -0.371 e. The lowest BCUT2D eigenvalue weighted by Crippen LogP contribution is -2.28. The Morgan fingerprint density at radius 3 is 2.85 bits per heavy atom. The molecule has 1 aliphatic rings. The highest BCUT2D eigenvalue weighted by molar-refractivity contribution is 6.30. The first-order chi connectivity index (χ1) is 9.56. The minimum atomic E-state index is 0.502. The van der Waals surface area contributed by atoms with Gasteiger partial charge in [-0.3, -0.25) is 0 Å². The lowest BCUT2D eigenvalue weighted by Gasteiger charge is -2.26. The van der Waals surface area contributed by atoms with Crippen LogP contribution in [0.25, 0.3) is 0 Å². The quantitative estimate of drug-likeness (QED) is 0.882. The summed E-state index contributed by atoms with van der Waals surface area (Å²) >= 11 is 6.22. The second kappa shape index (κ2) is 7.33. The highest BCUT2D eigenvalue weighted by atomic mass is 35.5. The fourth-order valence-electron chi connectivity index (χ4n) is 2.80. The number of nitrogens with zero attached hydrogens (tertiary/aromatic N) is 1. The molecule has 1 saturated heterocycles. The summed E-state index contributed by atoms with van der Waals surface area (Å²) in [7, 11) is 0. The molecule has 1 aromatic rings. The van der Waals surface area contributed by atoms with Crippen LogP contribution in [0.5, 0.6) is 0 Å². The van der Waals surface area contributed by atoms with Gasteiger partial charge in [-0.05, 0) is 42.9 Å². The Hall–Kier alpha value is -0.730. The van der Waals surface area contributed by atoms with E-state index in [-0.39, 0.29) is 0 Å². The molecule has 0 aromatic heterocycles. The van der Waals surface area contributed by atoms with Gasteiger partial charge in [0.1, 0.15) is 0 Å². The number of anilines is 1. The van der Waals surface area contributed by atoms with Crippen LogP contribution >= 0.6 is 11.6 Å². The van der Waals surface area contributed by atoms with Gasteiger partial charge < -0.3 is 10.2 Å². The van der Waals surface area contributed by atoms with Gasteiger partial charge in [-0.25, -0.2) is 0 Å². The molecule has 1 N–H and O–H groups in total. The van der Waals surface area contributed by atoms with E-state index < -0.39 is 0 Å². The molecular weight excluding hydrogens is 268 g/mol. The van der Waals surface area contributed by atoms with Crippen molar-refractivity contribution in [1.29, 1.82) is 0 Å². The summed E-state index contributed by atoms with van der Waals surface area (Å²) in [4.78, 5) is 2.52. The van der Waals surface area contributed by atoms with Crippen LogP contribution in [0.2, 0.25) is 5.02 Å². The fraction of sp³-hybridized carbons (Fsp3) is 0.647. The molecule has 0 amide bonds. The maximum atomic E-state index is 6.22. The van der Waals surface area contributed by atoms with Gasteiger partial charge in [-0.2, -0.15) is 0 Å². The molecule has 1 unspecified atom stereocenters. The van der Waals surface area contributed by atoms with Crippen LogP contribution in [-0.4, -0.2) is 19.1 Å². The van der Waals surface area contributed by atoms with E-state index in [9.17, 15) is 0 Å². The number of rotatable bonds is 4. The van der Waals surface area contributed by atoms with Gasteiger partial charge in [0, 0.05) is 36.4 Å². The summed E-state index contributed by atoms with van der Waals surface area (Å²) in [5, 5.41) is 4.35. The maximum absolute atomic E-state index is 6.22. The summed E-state index contributed by atoms with van der Waals surface area (Å²) in [6, 6.07) is 6.81. The Morgan fingerprint density at radius 2 is 2.10 bits per heavy atom. The van der Waals surface area contributed by atoms with Crippen molar-refractivity contribution < 1.29 is 0 Å². The van der Waals surface area contributed by atoms with Crippen molar-refractivity contribution in [2.24, 2.45) is 5.92 Å². The normalized spacial score (nSPS) is 20.2. The van der Waals surface area contributed by atoms with Crippen LogP contribution in [0.15, 0.2) is 18.2 Å². The van der Waals surface area contributed by atoms with Gasteiger partial charge in [0.15, 0.2) is 0 Å². The zero-order valence-corrected chi connectivity index (χ0v) is 13.7. The van der Waals surface area contributed by atoms with E-state index >= 15 is 0 Å². The molecule has 1 atom stereocenters. The number of hydrogen-bond donors (Lipinski definition) is 1. The monoisotopic (exact) mass is 294 g/mol. The molecule has 20 heavy (non-hydrogen) atoms. The molecule has 0 spiro atoms. The van der Waals surface area contributed by atoms with E-state index in [0.717, 1.165) is 30.6 Å². The van der Waals surface area contributed by atoms with E-state index in [1.807, 2.05) is 6.07 Å². The molecule has 1 heterocycles. The summed E-state index contributed by atoms with van der Waals surface area (Å²) in [6.07, 6.45) is 3.91. The molecule has 1 fully saturated rings. The molecule has 2 nitrogen and oxygen atoms in total. The second-order valence-corrected chi connectivity index (χ2v) is 6.77. The molecular formula is C17H27ClN2. The van der Waals surface area contributed by atoms with Crippen molar-refractivity contribution in [1.82, 2.24) is 5.32 Å². The highest BCUT2D eigenvalue weighted by Crippen LogP contribution is 2.28. The zero-order chi connectivity index (χ0) is 14.5. The molecule has 0 saturated carbocycles. The summed E-state index contributed by atoms with van der Waals surface area (Å²) in [5.74, 6) is 0.844. The summed E-state index contributed by atoms with van der Waals surface area (Å²) in [5.41, 5.74) is 2.68. The average molecular weight is 295 g/mol. The van der Waals surface area contributed by atoms with Crippen molar-refractivity contribution in [3.8, 4) is 0 Å². The number of hydrogen-bond acceptors (Lipinski definition) is 2. The molecule has 0 radical (unpaired) electrons. The van der Waals surface area contributed by atoms with Crippen molar-refractivity contribution >= 4 is 17.3 Å². The molecule has 112 valence electrons. The van der Waals surface area contributed by atoms with E-state index in [1.165, 1.54) is 30.5 Å². The first kappa shape index (κ1) is 15.7. The summed E-state index contributed by atoms with van der Waals surface area (Å²) < 4.78 is 0. The highest BCUT2D eigenvalue weighted by Gasteiger charge is 2.17. The predicted molar refractivity (Wildman–Crippen MR) is 88.7 cm³/mol. The van der Waals surface area contributed by atoms with E-state index in [2.05, 4.69) is 43.1 Å². The zero-order valence-electron chi connectivity index (χ0n) is 13.0. The smallest absolute Gasteiger partial charge is 0.0426 e. The van der Waals surface area contributed by atoms with Crippen LogP contribution < -0.4 is 10.2 Å². The standard InChI is InChI=1S/C17H27ClN2/c1-13(2)19-12-15-6-7-16(18)11-17(15)20-9-4-5-14(3)8-10-20/h6-7,11,13-14,19H,4-5,8-10,12H2,1-3H3. The number of nitrogens with one attached hydrogen (secondary N) is 1. The van der Waals surface area contributed by atoms with Crippen LogP contribution in [0, 0.1) is 5.92 Å². The molecule has 0 aliphatic carbocycles. The lowest BCUT2D eigenvalue weighted by atomic mass is 10.0. The molecule has 1 aromatic carbocycles. The predicted octanol–water partition coefficient (Wildman–Crippen LogP) is 4.46. The third kappa shape index (κ3) is 4.39. The Kier molecular flexibility index (Phi) is 5.74. The first-order valence-corrected chi connectivity index (χ1v) is 8.21.